The second kappa shape index (κ2) is 4.43. The SMILES string of the molecule is Cc1cc2ccccc2c(-c2ccc(Cl)cc2)n1. The predicted octanol–water partition coefficient (Wildman–Crippen LogP) is 4.86. The molecule has 0 radical (unpaired) electrons. The largest absolute Gasteiger partial charge is 0.252 e. The maximum atomic E-state index is 5.93. The Morgan fingerprint density at radius 3 is 2.44 bits per heavy atom. The average Bonchev–Trinajstić information content (AvgIpc) is 2.38. The van der Waals surface area contributed by atoms with Crippen molar-refractivity contribution in [3.05, 3.63) is 65.3 Å². The molecule has 88 valence electrons. The van der Waals surface area contributed by atoms with Crippen LogP contribution in [0.3, 0.4) is 0 Å². The van der Waals surface area contributed by atoms with E-state index in [1.807, 2.05) is 43.3 Å². The van der Waals surface area contributed by atoms with Gasteiger partial charge < -0.3 is 0 Å². The van der Waals surface area contributed by atoms with Crippen molar-refractivity contribution in [2.75, 3.05) is 0 Å². The highest BCUT2D eigenvalue weighted by Crippen LogP contribution is 2.28. The van der Waals surface area contributed by atoms with Crippen LogP contribution >= 0.6 is 11.6 Å². The standard InChI is InChI=1S/C16H12ClN/c1-11-10-13-4-2-3-5-15(13)16(18-11)12-6-8-14(17)9-7-12/h2-10H,1H3. The summed E-state index contributed by atoms with van der Waals surface area (Å²) in [6.07, 6.45) is 0. The number of rotatable bonds is 1. The summed E-state index contributed by atoms with van der Waals surface area (Å²) in [5, 5.41) is 3.14. The Kier molecular flexibility index (Phi) is 2.77. The number of hydrogen-bond acceptors (Lipinski definition) is 1. The third kappa shape index (κ3) is 1.98. The lowest BCUT2D eigenvalue weighted by atomic mass is 10.0. The molecule has 0 saturated heterocycles. The van der Waals surface area contributed by atoms with Gasteiger partial charge in [-0.25, -0.2) is 0 Å². The van der Waals surface area contributed by atoms with E-state index in [-0.39, 0.29) is 0 Å². The van der Waals surface area contributed by atoms with Crippen LogP contribution in [0.2, 0.25) is 5.02 Å². The van der Waals surface area contributed by atoms with Crippen molar-refractivity contribution < 1.29 is 0 Å². The minimum absolute atomic E-state index is 0.746. The zero-order chi connectivity index (χ0) is 12.5. The molecular weight excluding hydrogens is 242 g/mol. The first-order chi connectivity index (χ1) is 8.74. The zero-order valence-corrected chi connectivity index (χ0v) is 10.8. The zero-order valence-electron chi connectivity index (χ0n) is 10.0. The van der Waals surface area contributed by atoms with E-state index in [4.69, 9.17) is 11.6 Å². The lowest BCUT2D eigenvalue weighted by molar-refractivity contribution is 1.23. The number of aromatic nitrogens is 1. The Labute approximate surface area is 111 Å². The first-order valence-electron chi connectivity index (χ1n) is 5.86. The van der Waals surface area contributed by atoms with Gasteiger partial charge >= 0.3 is 0 Å². The fourth-order valence-electron chi connectivity index (χ4n) is 2.16. The highest BCUT2D eigenvalue weighted by molar-refractivity contribution is 6.30. The predicted molar refractivity (Wildman–Crippen MR) is 76.9 cm³/mol. The van der Waals surface area contributed by atoms with Crippen LogP contribution in [0.1, 0.15) is 5.69 Å². The van der Waals surface area contributed by atoms with Gasteiger partial charge in [0.25, 0.3) is 0 Å². The normalized spacial score (nSPS) is 10.8. The maximum Gasteiger partial charge on any atom is 0.0783 e. The Morgan fingerprint density at radius 1 is 0.944 bits per heavy atom. The van der Waals surface area contributed by atoms with E-state index >= 15 is 0 Å². The van der Waals surface area contributed by atoms with E-state index in [2.05, 4.69) is 23.2 Å². The van der Waals surface area contributed by atoms with Gasteiger partial charge in [-0.15, -0.1) is 0 Å². The average molecular weight is 254 g/mol. The summed E-state index contributed by atoms with van der Waals surface area (Å²) in [4.78, 5) is 4.66. The minimum atomic E-state index is 0.746. The molecular formula is C16H12ClN. The molecule has 2 aromatic carbocycles. The summed E-state index contributed by atoms with van der Waals surface area (Å²) in [5.41, 5.74) is 3.14. The maximum absolute atomic E-state index is 5.93. The lowest BCUT2D eigenvalue weighted by Gasteiger charge is -2.07. The molecule has 0 N–H and O–H groups in total. The molecule has 0 fully saturated rings. The fourth-order valence-corrected chi connectivity index (χ4v) is 2.29. The van der Waals surface area contributed by atoms with Crippen molar-refractivity contribution >= 4 is 22.4 Å². The van der Waals surface area contributed by atoms with Crippen LogP contribution in [0.5, 0.6) is 0 Å². The Bertz CT molecular complexity index is 702. The first-order valence-corrected chi connectivity index (χ1v) is 6.24. The molecule has 0 aliphatic carbocycles. The number of aryl methyl sites for hydroxylation is 1. The van der Waals surface area contributed by atoms with E-state index in [1.54, 1.807) is 0 Å². The molecule has 18 heavy (non-hydrogen) atoms. The van der Waals surface area contributed by atoms with E-state index in [0.717, 1.165) is 22.0 Å². The molecule has 1 aromatic heterocycles. The summed E-state index contributed by atoms with van der Waals surface area (Å²) in [6.45, 7) is 2.02. The first kappa shape index (κ1) is 11.2. The van der Waals surface area contributed by atoms with Gasteiger partial charge in [0.2, 0.25) is 0 Å². The fraction of sp³-hybridized carbons (Fsp3) is 0.0625. The highest BCUT2D eigenvalue weighted by atomic mass is 35.5. The van der Waals surface area contributed by atoms with Gasteiger partial charge in [0, 0.05) is 21.7 Å². The highest BCUT2D eigenvalue weighted by Gasteiger charge is 2.06. The summed E-state index contributed by atoms with van der Waals surface area (Å²) in [6, 6.07) is 18.2. The smallest absolute Gasteiger partial charge is 0.0783 e. The molecule has 1 heterocycles. The van der Waals surface area contributed by atoms with Gasteiger partial charge in [-0.3, -0.25) is 4.98 Å². The Balaban J connectivity index is 2.31. The van der Waals surface area contributed by atoms with Crippen LogP contribution in [0.4, 0.5) is 0 Å². The summed E-state index contributed by atoms with van der Waals surface area (Å²) < 4.78 is 0. The molecule has 0 bridgehead atoms. The number of benzene rings is 2. The van der Waals surface area contributed by atoms with E-state index < -0.39 is 0 Å². The van der Waals surface area contributed by atoms with Crippen molar-refractivity contribution in [3.63, 3.8) is 0 Å². The third-order valence-electron chi connectivity index (χ3n) is 2.99. The van der Waals surface area contributed by atoms with Gasteiger partial charge in [-0.2, -0.15) is 0 Å². The number of nitrogens with zero attached hydrogens (tertiary/aromatic N) is 1. The molecule has 3 rings (SSSR count). The monoisotopic (exact) mass is 253 g/mol. The number of fused-ring (bicyclic) bond motifs is 1. The molecule has 0 unspecified atom stereocenters. The molecule has 0 aliphatic rings. The van der Waals surface area contributed by atoms with Crippen molar-refractivity contribution in [1.82, 2.24) is 4.98 Å². The van der Waals surface area contributed by atoms with Crippen molar-refractivity contribution in [2.24, 2.45) is 0 Å². The van der Waals surface area contributed by atoms with Gasteiger partial charge in [0.05, 0.1) is 5.69 Å². The number of pyridine rings is 1. The van der Waals surface area contributed by atoms with Crippen LogP contribution < -0.4 is 0 Å². The Hall–Kier alpha value is -1.86. The molecule has 0 saturated carbocycles. The molecule has 0 atom stereocenters. The number of hydrogen-bond donors (Lipinski definition) is 0. The molecule has 3 aromatic rings. The molecule has 0 aliphatic heterocycles. The van der Waals surface area contributed by atoms with Crippen LogP contribution in [-0.4, -0.2) is 4.98 Å². The van der Waals surface area contributed by atoms with Crippen LogP contribution in [0.15, 0.2) is 54.6 Å². The van der Waals surface area contributed by atoms with E-state index in [1.165, 1.54) is 10.8 Å². The minimum Gasteiger partial charge on any atom is -0.252 e. The molecule has 1 nitrogen and oxygen atoms in total. The quantitative estimate of drug-likeness (QED) is 0.603. The van der Waals surface area contributed by atoms with E-state index in [9.17, 15) is 0 Å². The third-order valence-corrected chi connectivity index (χ3v) is 3.24. The summed E-state index contributed by atoms with van der Waals surface area (Å²) in [7, 11) is 0. The number of halogens is 1. The van der Waals surface area contributed by atoms with Gasteiger partial charge in [-0.05, 0) is 30.5 Å². The lowest BCUT2D eigenvalue weighted by Crippen LogP contribution is -1.89. The second-order valence-corrected chi connectivity index (χ2v) is 4.78. The molecule has 0 amide bonds. The van der Waals surface area contributed by atoms with Crippen molar-refractivity contribution in [2.45, 2.75) is 6.92 Å². The van der Waals surface area contributed by atoms with Gasteiger partial charge in [-0.1, -0.05) is 48.0 Å². The van der Waals surface area contributed by atoms with E-state index in [0.29, 0.717) is 0 Å². The van der Waals surface area contributed by atoms with Gasteiger partial charge in [0.1, 0.15) is 0 Å². The topological polar surface area (TPSA) is 12.9 Å². The van der Waals surface area contributed by atoms with Crippen LogP contribution in [-0.2, 0) is 0 Å². The second-order valence-electron chi connectivity index (χ2n) is 4.34. The van der Waals surface area contributed by atoms with Crippen molar-refractivity contribution in [1.29, 1.82) is 0 Å². The Morgan fingerprint density at radius 2 is 1.67 bits per heavy atom. The summed E-state index contributed by atoms with van der Waals surface area (Å²) >= 11 is 5.93. The van der Waals surface area contributed by atoms with Crippen LogP contribution in [0.25, 0.3) is 22.0 Å². The summed E-state index contributed by atoms with van der Waals surface area (Å²) in [5.74, 6) is 0. The molecule has 0 spiro atoms. The van der Waals surface area contributed by atoms with Crippen LogP contribution in [0, 0.1) is 6.92 Å². The van der Waals surface area contributed by atoms with Crippen molar-refractivity contribution in [3.8, 4) is 11.3 Å². The molecule has 2 heteroatoms. The van der Waals surface area contributed by atoms with Gasteiger partial charge in [0.15, 0.2) is 0 Å².